The summed E-state index contributed by atoms with van der Waals surface area (Å²) in [6.45, 7) is 3.22. The third kappa shape index (κ3) is 3.49. The number of fused-ring (bicyclic) bond motifs is 1. The molecular formula is C19H26N2O4. The van der Waals surface area contributed by atoms with Crippen LogP contribution >= 0.6 is 0 Å². The monoisotopic (exact) mass is 346 g/mol. The Morgan fingerprint density at radius 1 is 1.36 bits per heavy atom. The van der Waals surface area contributed by atoms with Crippen molar-refractivity contribution in [3.8, 4) is 0 Å². The van der Waals surface area contributed by atoms with E-state index in [1.165, 1.54) is 16.0 Å². The quantitative estimate of drug-likeness (QED) is 0.878. The van der Waals surface area contributed by atoms with E-state index >= 15 is 0 Å². The van der Waals surface area contributed by atoms with Gasteiger partial charge in [-0.25, -0.2) is 4.79 Å². The molecule has 1 aliphatic heterocycles. The number of urea groups is 1. The molecule has 1 fully saturated rings. The molecule has 1 spiro atoms. The minimum Gasteiger partial charge on any atom is -0.481 e. The number of carboxylic acids is 1. The van der Waals surface area contributed by atoms with Gasteiger partial charge < -0.3 is 20.1 Å². The van der Waals surface area contributed by atoms with Crippen LogP contribution in [0, 0.1) is 11.3 Å². The molecule has 136 valence electrons. The molecule has 2 aliphatic rings. The minimum atomic E-state index is -0.897. The third-order valence-corrected chi connectivity index (χ3v) is 5.59. The molecule has 6 nitrogen and oxygen atoms in total. The van der Waals surface area contributed by atoms with Gasteiger partial charge in [0.05, 0.1) is 12.0 Å². The molecule has 2 amide bonds. The lowest BCUT2D eigenvalue weighted by molar-refractivity contribution is -0.141. The van der Waals surface area contributed by atoms with Gasteiger partial charge in [0.1, 0.15) is 0 Å². The highest BCUT2D eigenvalue weighted by atomic mass is 16.5. The zero-order chi connectivity index (χ0) is 18.0. The summed E-state index contributed by atoms with van der Waals surface area (Å²) < 4.78 is 5.55. The van der Waals surface area contributed by atoms with Crippen molar-refractivity contribution in [2.75, 3.05) is 26.8 Å². The number of benzene rings is 1. The first-order valence-corrected chi connectivity index (χ1v) is 8.83. The number of carbonyl (C=O) groups excluding carboxylic acids is 1. The summed E-state index contributed by atoms with van der Waals surface area (Å²) in [6.07, 6.45) is 2.79. The number of aliphatic carboxylic acids is 1. The van der Waals surface area contributed by atoms with Gasteiger partial charge >= 0.3 is 12.0 Å². The summed E-state index contributed by atoms with van der Waals surface area (Å²) in [7, 11) is 1.65. The van der Waals surface area contributed by atoms with Crippen molar-refractivity contribution in [3.63, 3.8) is 0 Å². The number of rotatable bonds is 4. The standard InChI is InChI=1S/C19H26N2O4/c1-13(17(22)23)12-21(2)18(24)20-16-15-6-4-3-5-14(15)11-19(16)7-9-25-10-8-19/h3-6,13,16H,7-12H2,1-2H3,(H,20,24)(H,22,23). The second-order valence-corrected chi connectivity index (χ2v) is 7.35. The Morgan fingerprint density at radius 3 is 2.72 bits per heavy atom. The second kappa shape index (κ2) is 7.04. The summed E-state index contributed by atoms with van der Waals surface area (Å²) >= 11 is 0. The van der Waals surface area contributed by atoms with Crippen molar-refractivity contribution in [3.05, 3.63) is 35.4 Å². The SMILES string of the molecule is CC(CN(C)C(=O)NC1c2ccccc2CC12CCOCC2)C(=O)O. The predicted molar refractivity (Wildman–Crippen MR) is 93.3 cm³/mol. The lowest BCUT2D eigenvalue weighted by atomic mass is 9.74. The first-order valence-electron chi connectivity index (χ1n) is 8.83. The summed E-state index contributed by atoms with van der Waals surface area (Å²) in [5.74, 6) is -1.49. The van der Waals surface area contributed by atoms with E-state index in [9.17, 15) is 9.59 Å². The molecule has 6 heteroatoms. The highest BCUT2D eigenvalue weighted by Crippen LogP contribution is 2.51. The minimum absolute atomic E-state index is 0.00312. The molecule has 2 N–H and O–H groups in total. The van der Waals surface area contributed by atoms with Crippen LogP contribution in [0.1, 0.15) is 36.9 Å². The Morgan fingerprint density at radius 2 is 2.04 bits per heavy atom. The van der Waals surface area contributed by atoms with Crippen molar-refractivity contribution in [2.24, 2.45) is 11.3 Å². The van der Waals surface area contributed by atoms with E-state index < -0.39 is 11.9 Å². The van der Waals surface area contributed by atoms with Gasteiger partial charge in [0.15, 0.2) is 0 Å². The highest BCUT2D eigenvalue weighted by Gasteiger charge is 2.47. The summed E-state index contributed by atoms with van der Waals surface area (Å²) in [5.41, 5.74) is 2.46. The fraction of sp³-hybridized carbons (Fsp3) is 0.579. The van der Waals surface area contributed by atoms with Crippen molar-refractivity contribution in [2.45, 2.75) is 32.2 Å². The topological polar surface area (TPSA) is 78.9 Å². The molecule has 2 atom stereocenters. The number of carboxylic acid groups (broad SMARTS) is 1. The van der Waals surface area contributed by atoms with E-state index in [0.717, 1.165) is 19.3 Å². The lowest BCUT2D eigenvalue weighted by Gasteiger charge is -2.40. The van der Waals surface area contributed by atoms with E-state index in [2.05, 4.69) is 17.4 Å². The van der Waals surface area contributed by atoms with Gasteiger partial charge in [0, 0.05) is 32.2 Å². The van der Waals surface area contributed by atoms with Gasteiger partial charge in [-0.2, -0.15) is 0 Å². The van der Waals surface area contributed by atoms with E-state index in [1.807, 2.05) is 12.1 Å². The third-order valence-electron chi connectivity index (χ3n) is 5.59. The maximum atomic E-state index is 12.7. The number of ether oxygens (including phenoxy) is 1. The van der Waals surface area contributed by atoms with Crippen LogP contribution in [-0.4, -0.2) is 48.8 Å². The van der Waals surface area contributed by atoms with Crippen molar-refractivity contribution < 1.29 is 19.4 Å². The van der Waals surface area contributed by atoms with Crippen molar-refractivity contribution >= 4 is 12.0 Å². The van der Waals surface area contributed by atoms with Gasteiger partial charge in [-0.15, -0.1) is 0 Å². The van der Waals surface area contributed by atoms with Crippen LogP contribution in [0.3, 0.4) is 0 Å². The molecule has 0 bridgehead atoms. The summed E-state index contributed by atoms with van der Waals surface area (Å²) in [6, 6.07) is 7.99. The number of nitrogens with zero attached hydrogens (tertiary/aromatic N) is 1. The Balaban J connectivity index is 1.78. The fourth-order valence-corrected chi connectivity index (χ4v) is 4.07. The summed E-state index contributed by atoms with van der Waals surface area (Å²) in [4.78, 5) is 25.2. The number of amides is 2. The van der Waals surface area contributed by atoms with E-state index in [-0.39, 0.29) is 24.0 Å². The number of carbonyl (C=O) groups is 2. The van der Waals surface area contributed by atoms with Gasteiger partial charge in [0.25, 0.3) is 0 Å². The molecule has 2 unspecified atom stereocenters. The molecule has 1 aromatic rings. The number of hydrogen-bond donors (Lipinski definition) is 2. The van der Waals surface area contributed by atoms with Crippen LogP contribution in [0.4, 0.5) is 4.79 Å². The van der Waals surface area contributed by atoms with Crippen LogP contribution < -0.4 is 5.32 Å². The number of nitrogens with one attached hydrogen (secondary N) is 1. The first kappa shape index (κ1) is 17.7. The lowest BCUT2D eigenvalue weighted by Crippen LogP contribution is -2.47. The maximum absolute atomic E-state index is 12.7. The number of hydrogen-bond acceptors (Lipinski definition) is 3. The van der Waals surface area contributed by atoms with Crippen LogP contribution in [0.25, 0.3) is 0 Å². The van der Waals surface area contributed by atoms with E-state index in [1.54, 1.807) is 14.0 Å². The molecule has 25 heavy (non-hydrogen) atoms. The summed E-state index contributed by atoms with van der Waals surface area (Å²) in [5, 5.41) is 12.2. The molecule has 3 rings (SSSR count). The predicted octanol–water partition coefficient (Wildman–Crippen LogP) is 2.44. The Labute approximate surface area is 148 Å². The Hall–Kier alpha value is -2.08. The fourth-order valence-electron chi connectivity index (χ4n) is 4.07. The van der Waals surface area contributed by atoms with E-state index in [0.29, 0.717) is 13.2 Å². The average Bonchev–Trinajstić information content (AvgIpc) is 2.88. The molecule has 1 heterocycles. The second-order valence-electron chi connectivity index (χ2n) is 7.35. The first-order chi connectivity index (χ1) is 11.9. The Bertz CT molecular complexity index is 655. The van der Waals surface area contributed by atoms with Crippen LogP contribution in [0.5, 0.6) is 0 Å². The largest absolute Gasteiger partial charge is 0.481 e. The van der Waals surface area contributed by atoms with Crippen molar-refractivity contribution in [1.82, 2.24) is 10.2 Å². The van der Waals surface area contributed by atoms with Crippen LogP contribution in [-0.2, 0) is 16.0 Å². The molecule has 1 saturated heterocycles. The van der Waals surface area contributed by atoms with Crippen LogP contribution in [0.2, 0.25) is 0 Å². The molecule has 1 aliphatic carbocycles. The maximum Gasteiger partial charge on any atom is 0.317 e. The molecule has 0 radical (unpaired) electrons. The van der Waals surface area contributed by atoms with Gasteiger partial charge in [0.2, 0.25) is 0 Å². The molecular weight excluding hydrogens is 320 g/mol. The molecule has 1 aromatic carbocycles. The smallest absolute Gasteiger partial charge is 0.317 e. The average molecular weight is 346 g/mol. The Kier molecular flexibility index (Phi) is 4.99. The van der Waals surface area contributed by atoms with Crippen LogP contribution in [0.15, 0.2) is 24.3 Å². The zero-order valence-electron chi connectivity index (χ0n) is 14.8. The van der Waals surface area contributed by atoms with Gasteiger partial charge in [-0.3, -0.25) is 4.79 Å². The van der Waals surface area contributed by atoms with Gasteiger partial charge in [-0.1, -0.05) is 31.2 Å². The molecule has 0 saturated carbocycles. The molecule has 0 aromatic heterocycles. The normalized spacial score (nSPS) is 22.2. The van der Waals surface area contributed by atoms with E-state index in [4.69, 9.17) is 9.84 Å². The zero-order valence-corrected chi connectivity index (χ0v) is 14.8. The van der Waals surface area contributed by atoms with Crippen molar-refractivity contribution in [1.29, 1.82) is 0 Å². The highest BCUT2D eigenvalue weighted by molar-refractivity contribution is 5.76. The van der Waals surface area contributed by atoms with Gasteiger partial charge in [-0.05, 0) is 30.4 Å².